The molecule has 2 aromatic carbocycles. The molecule has 1 unspecified atom stereocenters. The second kappa shape index (κ2) is 5.27. The lowest BCUT2D eigenvalue weighted by Gasteiger charge is -2.24. The number of esters is 1. The summed E-state index contributed by atoms with van der Waals surface area (Å²) in [5.74, 6) is -0.225. The highest BCUT2D eigenvalue weighted by molar-refractivity contribution is 5.99. The van der Waals surface area contributed by atoms with Gasteiger partial charge in [0.2, 0.25) is 0 Å². The highest BCUT2D eigenvalue weighted by Crippen LogP contribution is 2.32. The lowest BCUT2D eigenvalue weighted by molar-refractivity contribution is -0.131. The molecular formula is C17H15NO4. The van der Waals surface area contributed by atoms with Crippen LogP contribution in [0.15, 0.2) is 48.5 Å². The summed E-state index contributed by atoms with van der Waals surface area (Å²) in [5.41, 5.74) is 0.456. The van der Waals surface area contributed by atoms with Crippen molar-refractivity contribution in [3.8, 4) is 5.75 Å². The molecule has 112 valence electrons. The Hall–Kier alpha value is -2.66. The van der Waals surface area contributed by atoms with E-state index in [0.717, 1.165) is 5.56 Å². The standard InChI is InChI=1S/C17H15NO4/c1-11(19)22-13-8-6-12(7-9-13)10-17(21)15-5-3-2-4-14(15)16(20)18-17/h2-9,21H,10H2,1H3,(H,18,20). The van der Waals surface area contributed by atoms with Crippen LogP contribution in [0.2, 0.25) is 0 Å². The molecule has 2 aromatic rings. The van der Waals surface area contributed by atoms with Gasteiger partial charge in [-0.05, 0) is 23.8 Å². The number of carbonyl (C=O) groups excluding carboxylic acids is 2. The van der Waals surface area contributed by atoms with Gasteiger partial charge in [0.05, 0.1) is 0 Å². The molecule has 3 rings (SSSR count). The third kappa shape index (κ3) is 2.58. The van der Waals surface area contributed by atoms with E-state index in [1.165, 1.54) is 6.92 Å². The van der Waals surface area contributed by atoms with Gasteiger partial charge in [0.1, 0.15) is 5.75 Å². The van der Waals surface area contributed by atoms with Crippen LogP contribution in [0, 0.1) is 0 Å². The number of ether oxygens (including phenoxy) is 1. The third-order valence-corrected chi connectivity index (χ3v) is 3.58. The number of hydrogen-bond acceptors (Lipinski definition) is 4. The number of benzene rings is 2. The van der Waals surface area contributed by atoms with Gasteiger partial charge in [-0.15, -0.1) is 0 Å². The van der Waals surface area contributed by atoms with Gasteiger partial charge in [-0.25, -0.2) is 0 Å². The number of nitrogens with one attached hydrogen (secondary N) is 1. The van der Waals surface area contributed by atoms with Gasteiger partial charge in [-0.1, -0.05) is 30.3 Å². The number of fused-ring (bicyclic) bond motifs is 1. The largest absolute Gasteiger partial charge is 0.427 e. The molecule has 0 saturated heterocycles. The Balaban J connectivity index is 1.84. The Morgan fingerprint density at radius 1 is 1.18 bits per heavy atom. The number of rotatable bonds is 3. The molecule has 5 nitrogen and oxygen atoms in total. The van der Waals surface area contributed by atoms with Crippen LogP contribution in [0.1, 0.15) is 28.4 Å². The van der Waals surface area contributed by atoms with E-state index in [1.54, 1.807) is 48.5 Å². The smallest absolute Gasteiger partial charge is 0.308 e. The van der Waals surface area contributed by atoms with Crippen LogP contribution in [-0.4, -0.2) is 17.0 Å². The SMILES string of the molecule is CC(=O)Oc1ccc(CC2(O)NC(=O)c3ccccc32)cc1. The highest BCUT2D eigenvalue weighted by Gasteiger charge is 2.40. The first-order valence-electron chi connectivity index (χ1n) is 6.90. The van der Waals surface area contributed by atoms with Crippen LogP contribution in [-0.2, 0) is 16.9 Å². The first-order chi connectivity index (χ1) is 10.5. The Labute approximate surface area is 127 Å². The summed E-state index contributed by atoms with van der Waals surface area (Å²) in [6, 6.07) is 13.8. The molecule has 1 aliphatic rings. The van der Waals surface area contributed by atoms with Crippen LogP contribution < -0.4 is 10.1 Å². The normalized spacial score (nSPS) is 19.5. The summed E-state index contributed by atoms with van der Waals surface area (Å²) in [5, 5.41) is 13.4. The van der Waals surface area contributed by atoms with E-state index in [2.05, 4.69) is 5.32 Å². The van der Waals surface area contributed by atoms with Crippen LogP contribution in [0.3, 0.4) is 0 Å². The fourth-order valence-electron chi connectivity index (χ4n) is 2.64. The Kier molecular flexibility index (Phi) is 3.42. The van der Waals surface area contributed by atoms with Crippen molar-refractivity contribution >= 4 is 11.9 Å². The number of carbonyl (C=O) groups is 2. The average Bonchev–Trinajstić information content (AvgIpc) is 2.73. The fraction of sp³-hybridized carbons (Fsp3) is 0.176. The van der Waals surface area contributed by atoms with Gasteiger partial charge in [-0.3, -0.25) is 9.59 Å². The summed E-state index contributed by atoms with van der Waals surface area (Å²) in [6.45, 7) is 1.33. The Morgan fingerprint density at radius 2 is 1.86 bits per heavy atom. The summed E-state index contributed by atoms with van der Waals surface area (Å²) in [7, 11) is 0. The number of hydrogen-bond donors (Lipinski definition) is 2. The molecule has 0 bridgehead atoms. The van der Waals surface area contributed by atoms with E-state index in [4.69, 9.17) is 4.74 Å². The van der Waals surface area contributed by atoms with Gasteiger partial charge in [0, 0.05) is 24.5 Å². The molecule has 0 radical (unpaired) electrons. The van der Waals surface area contributed by atoms with Crippen molar-refractivity contribution in [2.45, 2.75) is 19.1 Å². The molecule has 5 heteroatoms. The van der Waals surface area contributed by atoms with E-state index < -0.39 is 5.72 Å². The van der Waals surface area contributed by atoms with Crippen molar-refractivity contribution in [1.82, 2.24) is 5.32 Å². The molecule has 22 heavy (non-hydrogen) atoms. The van der Waals surface area contributed by atoms with Crippen molar-refractivity contribution in [2.24, 2.45) is 0 Å². The highest BCUT2D eigenvalue weighted by atomic mass is 16.5. The van der Waals surface area contributed by atoms with E-state index in [9.17, 15) is 14.7 Å². The first-order valence-corrected chi connectivity index (χ1v) is 6.90. The molecular weight excluding hydrogens is 282 g/mol. The van der Waals surface area contributed by atoms with E-state index >= 15 is 0 Å². The van der Waals surface area contributed by atoms with Gasteiger partial charge < -0.3 is 15.2 Å². The molecule has 1 amide bonds. The van der Waals surface area contributed by atoms with Crippen molar-refractivity contribution in [3.63, 3.8) is 0 Å². The van der Waals surface area contributed by atoms with Crippen LogP contribution >= 0.6 is 0 Å². The summed E-state index contributed by atoms with van der Waals surface area (Å²) >= 11 is 0. The second-order valence-corrected chi connectivity index (χ2v) is 5.27. The number of amides is 1. The maximum atomic E-state index is 11.9. The summed E-state index contributed by atoms with van der Waals surface area (Å²) in [6.07, 6.45) is 0.232. The zero-order valence-corrected chi connectivity index (χ0v) is 12.0. The molecule has 0 aromatic heterocycles. The van der Waals surface area contributed by atoms with Crippen molar-refractivity contribution in [1.29, 1.82) is 0 Å². The van der Waals surface area contributed by atoms with Crippen molar-refractivity contribution < 1.29 is 19.4 Å². The average molecular weight is 297 g/mol. The molecule has 1 atom stereocenters. The minimum atomic E-state index is -1.42. The molecule has 0 spiro atoms. The number of aliphatic hydroxyl groups is 1. The first kappa shape index (κ1) is 14.3. The minimum Gasteiger partial charge on any atom is -0.427 e. The second-order valence-electron chi connectivity index (χ2n) is 5.27. The predicted octanol–water partition coefficient (Wildman–Crippen LogP) is 1.74. The van der Waals surface area contributed by atoms with Gasteiger partial charge in [0.15, 0.2) is 5.72 Å². The van der Waals surface area contributed by atoms with Gasteiger partial charge >= 0.3 is 5.97 Å². The Morgan fingerprint density at radius 3 is 2.55 bits per heavy atom. The molecule has 0 saturated carbocycles. The van der Waals surface area contributed by atoms with Gasteiger partial charge in [0.25, 0.3) is 5.91 Å². The molecule has 1 heterocycles. The predicted molar refractivity (Wildman–Crippen MR) is 79.3 cm³/mol. The summed E-state index contributed by atoms with van der Waals surface area (Å²) in [4.78, 5) is 22.8. The third-order valence-electron chi connectivity index (χ3n) is 3.58. The van der Waals surface area contributed by atoms with Crippen LogP contribution in [0.4, 0.5) is 0 Å². The molecule has 2 N–H and O–H groups in total. The fourth-order valence-corrected chi connectivity index (χ4v) is 2.64. The zero-order valence-electron chi connectivity index (χ0n) is 12.0. The maximum absolute atomic E-state index is 11.9. The van der Waals surface area contributed by atoms with Crippen LogP contribution in [0.25, 0.3) is 0 Å². The molecule has 1 aliphatic heterocycles. The monoisotopic (exact) mass is 297 g/mol. The summed E-state index contributed by atoms with van der Waals surface area (Å²) < 4.78 is 4.97. The van der Waals surface area contributed by atoms with Crippen molar-refractivity contribution in [2.75, 3.05) is 0 Å². The Bertz CT molecular complexity index is 739. The van der Waals surface area contributed by atoms with Crippen LogP contribution in [0.5, 0.6) is 5.75 Å². The molecule has 0 fully saturated rings. The topological polar surface area (TPSA) is 75.6 Å². The lowest BCUT2D eigenvalue weighted by atomic mass is 9.95. The van der Waals surface area contributed by atoms with E-state index in [-0.39, 0.29) is 18.3 Å². The zero-order chi connectivity index (χ0) is 15.7. The van der Waals surface area contributed by atoms with Crippen molar-refractivity contribution in [3.05, 3.63) is 65.2 Å². The van der Waals surface area contributed by atoms with E-state index in [1.807, 2.05) is 0 Å². The lowest BCUT2D eigenvalue weighted by Crippen LogP contribution is -2.41. The quantitative estimate of drug-likeness (QED) is 0.668. The molecule has 0 aliphatic carbocycles. The maximum Gasteiger partial charge on any atom is 0.308 e. The van der Waals surface area contributed by atoms with E-state index in [0.29, 0.717) is 16.9 Å². The minimum absolute atomic E-state index is 0.232. The van der Waals surface area contributed by atoms with Gasteiger partial charge in [-0.2, -0.15) is 0 Å².